The topological polar surface area (TPSA) is 88.6 Å². The van der Waals surface area contributed by atoms with Gasteiger partial charge in [-0.05, 0) is 43.2 Å². The molecule has 0 atom stereocenters. The normalized spacial score (nSPS) is 15.8. The van der Waals surface area contributed by atoms with Gasteiger partial charge in [-0.15, -0.1) is 0 Å². The Morgan fingerprint density at radius 2 is 1.87 bits per heavy atom. The second-order valence-corrected chi connectivity index (χ2v) is 10.1. The molecule has 1 aliphatic rings. The first-order chi connectivity index (χ1) is 14.8. The minimum Gasteiger partial charge on any atom is -0.497 e. The van der Waals surface area contributed by atoms with Crippen LogP contribution in [0.1, 0.15) is 12.8 Å². The molecule has 4 rings (SSSR count). The second kappa shape index (κ2) is 8.48. The summed E-state index contributed by atoms with van der Waals surface area (Å²) in [5.74, 6) is -1.66. The number of anilines is 1. The van der Waals surface area contributed by atoms with Crippen molar-refractivity contribution in [2.75, 3.05) is 25.5 Å². The predicted octanol–water partition coefficient (Wildman–Crippen LogP) is 3.62. The van der Waals surface area contributed by atoms with Crippen molar-refractivity contribution in [1.29, 1.82) is 0 Å². The van der Waals surface area contributed by atoms with E-state index in [0.29, 0.717) is 23.3 Å². The molecule has 0 saturated carbocycles. The van der Waals surface area contributed by atoms with Gasteiger partial charge in [0.2, 0.25) is 15.9 Å². The number of benzene rings is 2. The van der Waals surface area contributed by atoms with Crippen LogP contribution in [0, 0.1) is 17.6 Å². The summed E-state index contributed by atoms with van der Waals surface area (Å²) in [5.41, 5.74) is 0.00195. The van der Waals surface area contributed by atoms with E-state index in [1.165, 1.54) is 23.5 Å². The van der Waals surface area contributed by atoms with Crippen molar-refractivity contribution >= 4 is 42.6 Å². The molecule has 164 valence electrons. The maximum Gasteiger partial charge on any atom is 0.243 e. The van der Waals surface area contributed by atoms with E-state index in [4.69, 9.17) is 4.74 Å². The number of halogens is 2. The Bertz CT molecular complexity index is 1220. The summed E-state index contributed by atoms with van der Waals surface area (Å²) in [4.78, 5) is 16.8. The van der Waals surface area contributed by atoms with Crippen LogP contribution in [-0.2, 0) is 14.8 Å². The van der Waals surface area contributed by atoms with Crippen LogP contribution >= 0.6 is 11.3 Å². The molecule has 1 N–H and O–H groups in total. The summed E-state index contributed by atoms with van der Waals surface area (Å²) < 4.78 is 59.5. The molecule has 11 heteroatoms. The molecule has 7 nitrogen and oxygen atoms in total. The Kier molecular flexibility index (Phi) is 5.91. The van der Waals surface area contributed by atoms with Crippen molar-refractivity contribution in [3.63, 3.8) is 0 Å². The predicted molar refractivity (Wildman–Crippen MR) is 113 cm³/mol. The van der Waals surface area contributed by atoms with Gasteiger partial charge in [0.05, 0.1) is 16.7 Å². The van der Waals surface area contributed by atoms with Gasteiger partial charge < -0.3 is 10.1 Å². The molecule has 1 saturated heterocycles. The SMILES string of the molecule is COc1ccc(S(=O)(=O)N2CCC(C(=O)Nc3nc4c(F)cc(F)cc4s3)CC2)cc1. The number of piperidine rings is 1. The van der Waals surface area contributed by atoms with Crippen LogP contribution in [0.2, 0.25) is 0 Å². The highest BCUT2D eigenvalue weighted by Crippen LogP contribution is 2.30. The number of nitrogens with zero attached hydrogens (tertiary/aromatic N) is 2. The van der Waals surface area contributed by atoms with Crippen LogP contribution in [0.4, 0.5) is 13.9 Å². The largest absolute Gasteiger partial charge is 0.497 e. The summed E-state index contributed by atoms with van der Waals surface area (Å²) in [6, 6.07) is 8.05. The molecule has 0 bridgehead atoms. The number of amides is 1. The lowest BCUT2D eigenvalue weighted by molar-refractivity contribution is -0.120. The van der Waals surface area contributed by atoms with Crippen LogP contribution in [0.3, 0.4) is 0 Å². The van der Waals surface area contributed by atoms with Crippen LogP contribution in [-0.4, -0.2) is 43.8 Å². The van der Waals surface area contributed by atoms with Crippen LogP contribution in [0.5, 0.6) is 5.75 Å². The first kappa shape index (κ1) is 21.6. The first-order valence-corrected chi connectivity index (χ1v) is 11.7. The van der Waals surface area contributed by atoms with E-state index in [1.54, 1.807) is 12.1 Å². The first-order valence-electron chi connectivity index (χ1n) is 9.48. The molecule has 1 aromatic heterocycles. The zero-order chi connectivity index (χ0) is 22.2. The average Bonchev–Trinajstić information content (AvgIpc) is 3.16. The number of thiazole rings is 1. The van der Waals surface area contributed by atoms with Crippen molar-refractivity contribution in [3.8, 4) is 5.75 Å². The molecule has 0 unspecified atom stereocenters. The number of rotatable bonds is 5. The van der Waals surface area contributed by atoms with Gasteiger partial charge in [0.1, 0.15) is 17.1 Å². The third-order valence-electron chi connectivity index (χ3n) is 5.17. The number of aromatic nitrogens is 1. The fourth-order valence-electron chi connectivity index (χ4n) is 3.47. The number of carbonyl (C=O) groups is 1. The molecule has 1 amide bonds. The van der Waals surface area contributed by atoms with Crippen molar-refractivity contribution in [2.45, 2.75) is 17.7 Å². The Morgan fingerprint density at radius 1 is 1.19 bits per heavy atom. The zero-order valence-corrected chi connectivity index (χ0v) is 18.1. The minimum atomic E-state index is -3.66. The third kappa shape index (κ3) is 4.39. The van der Waals surface area contributed by atoms with E-state index >= 15 is 0 Å². The molecule has 31 heavy (non-hydrogen) atoms. The van der Waals surface area contributed by atoms with E-state index < -0.39 is 27.6 Å². The highest BCUT2D eigenvalue weighted by Gasteiger charge is 2.32. The van der Waals surface area contributed by atoms with Gasteiger partial charge >= 0.3 is 0 Å². The van der Waals surface area contributed by atoms with Crippen molar-refractivity contribution in [1.82, 2.24) is 9.29 Å². The standard InChI is InChI=1S/C20H19F2N3O4S2/c1-29-14-2-4-15(5-3-14)31(27,28)25-8-6-12(7-9-25)19(26)24-20-23-18-16(22)10-13(21)11-17(18)30-20/h2-5,10-12H,6-9H2,1H3,(H,23,24,26). The average molecular weight is 468 g/mol. The van der Waals surface area contributed by atoms with Gasteiger partial charge in [0.15, 0.2) is 10.9 Å². The molecular weight excluding hydrogens is 448 g/mol. The fraction of sp³-hybridized carbons (Fsp3) is 0.300. The molecule has 3 aromatic rings. The Balaban J connectivity index is 1.40. The number of carbonyl (C=O) groups excluding carboxylic acids is 1. The molecule has 2 heterocycles. The molecule has 1 fully saturated rings. The lowest BCUT2D eigenvalue weighted by Crippen LogP contribution is -2.41. The highest BCUT2D eigenvalue weighted by atomic mass is 32.2. The van der Waals surface area contributed by atoms with E-state index in [9.17, 15) is 22.0 Å². The van der Waals surface area contributed by atoms with Gasteiger partial charge in [0.25, 0.3) is 0 Å². The zero-order valence-electron chi connectivity index (χ0n) is 16.5. The van der Waals surface area contributed by atoms with Crippen molar-refractivity contribution in [2.24, 2.45) is 5.92 Å². The molecular formula is C20H19F2N3O4S2. The Morgan fingerprint density at radius 3 is 2.52 bits per heavy atom. The molecule has 2 aromatic carbocycles. The van der Waals surface area contributed by atoms with Gasteiger partial charge in [-0.1, -0.05) is 11.3 Å². The third-order valence-corrected chi connectivity index (χ3v) is 8.00. The smallest absolute Gasteiger partial charge is 0.243 e. The van der Waals surface area contributed by atoms with E-state index in [0.717, 1.165) is 23.5 Å². The van der Waals surface area contributed by atoms with Crippen LogP contribution < -0.4 is 10.1 Å². The lowest BCUT2D eigenvalue weighted by atomic mass is 9.97. The summed E-state index contributed by atoms with van der Waals surface area (Å²) in [6.07, 6.45) is 0.685. The Labute approximate surface area is 181 Å². The lowest BCUT2D eigenvalue weighted by Gasteiger charge is -2.30. The van der Waals surface area contributed by atoms with Gasteiger partial charge in [-0.2, -0.15) is 4.31 Å². The number of ether oxygens (including phenoxy) is 1. The molecule has 0 radical (unpaired) electrons. The maximum atomic E-state index is 13.8. The summed E-state index contributed by atoms with van der Waals surface area (Å²) >= 11 is 0.983. The second-order valence-electron chi connectivity index (χ2n) is 7.10. The Hall–Kier alpha value is -2.63. The number of hydrogen-bond donors (Lipinski definition) is 1. The number of fused-ring (bicyclic) bond motifs is 1. The summed E-state index contributed by atoms with van der Waals surface area (Å²) in [6.45, 7) is 0.401. The van der Waals surface area contributed by atoms with E-state index in [-0.39, 0.29) is 34.5 Å². The highest BCUT2D eigenvalue weighted by molar-refractivity contribution is 7.89. The van der Waals surface area contributed by atoms with Crippen molar-refractivity contribution in [3.05, 3.63) is 48.0 Å². The van der Waals surface area contributed by atoms with Gasteiger partial charge in [0, 0.05) is 25.1 Å². The number of sulfonamides is 1. The number of methoxy groups -OCH3 is 1. The minimum absolute atomic E-state index is 0.00195. The van der Waals surface area contributed by atoms with E-state index in [1.807, 2.05) is 0 Å². The van der Waals surface area contributed by atoms with Crippen LogP contribution in [0.15, 0.2) is 41.3 Å². The van der Waals surface area contributed by atoms with Gasteiger partial charge in [-0.25, -0.2) is 22.2 Å². The fourth-order valence-corrected chi connectivity index (χ4v) is 5.85. The molecule has 0 spiro atoms. The summed E-state index contributed by atoms with van der Waals surface area (Å²) in [5, 5.41) is 2.82. The maximum absolute atomic E-state index is 13.8. The van der Waals surface area contributed by atoms with Crippen LogP contribution in [0.25, 0.3) is 10.2 Å². The van der Waals surface area contributed by atoms with Gasteiger partial charge in [-0.3, -0.25) is 4.79 Å². The molecule has 1 aliphatic heterocycles. The van der Waals surface area contributed by atoms with Crippen molar-refractivity contribution < 1.29 is 26.7 Å². The molecule has 0 aliphatic carbocycles. The quantitative estimate of drug-likeness (QED) is 0.619. The monoisotopic (exact) mass is 467 g/mol. The number of nitrogens with one attached hydrogen (secondary N) is 1. The summed E-state index contributed by atoms with van der Waals surface area (Å²) in [7, 11) is -2.16. The number of hydrogen-bond acceptors (Lipinski definition) is 6. The van der Waals surface area contributed by atoms with E-state index in [2.05, 4.69) is 10.3 Å².